The van der Waals surface area contributed by atoms with Gasteiger partial charge in [0.1, 0.15) is 12.7 Å². The van der Waals surface area contributed by atoms with Crippen LogP contribution in [-0.4, -0.2) is 37.3 Å². The Morgan fingerprint density at radius 2 is 1.96 bits per heavy atom. The van der Waals surface area contributed by atoms with Crippen molar-refractivity contribution >= 4 is 12.5 Å². The second-order valence-electron chi connectivity index (χ2n) is 6.58. The van der Waals surface area contributed by atoms with Crippen molar-refractivity contribution in [3.8, 4) is 0 Å². The number of hydrogen-bond donors (Lipinski definition) is 1. The fourth-order valence-corrected chi connectivity index (χ4v) is 2.16. The summed E-state index contributed by atoms with van der Waals surface area (Å²) in [6.07, 6.45) is 5.62. The van der Waals surface area contributed by atoms with E-state index in [1.807, 2.05) is 13.8 Å². The van der Waals surface area contributed by atoms with E-state index in [0.29, 0.717) is 23.7 Å². The third-order valence-electron chi connectivity index (χ3n) is 3.65. The van der Waals surface area contributed by atoms with Gasteiger partial charge in [0, 0.05) is 24.1 Å². The van der Waals surface area contributed by atoms with Crippen molar-refractivity contribution in [2.45, 2.75) is 65.6 Å². The number of Topliss-reactive ketones (excluding diaryl/α,β-unsaturated/α-hetero) is 1. The molecule has 0 aromatic rings. The summed E-state index contributed by atoms with van der Waals surface area (Å²) in [5.74, 6) is 1.20. The van der Waals surface area contributed by atoms with Crippen LogP contribution < -0.4 is 5.32 Å². The molecule has 1 aliphatic carbocycles. The Morgan fingerprint density at radius 3 is 2.48 bits per heavy atom. The van der Waals surface area contributed by atoms with E-state index < -0.39 is 0 Å². The largest absolute Gasteiger partial charge is 0.490 e. The fraction of sp³-hybridized carbons (Fsp3) is 0.667. The number of nitrogens with one attached hydrogen (secondary N) is 1. The van der Waals surface area contributed by atoms with E-state index in [1.54, 1.807) is 19.1 Å². The molecule has 5 heteroatoms. The molecule has 5 nitrogen and oxygen atoms in total. The van der Waals surface area contributed by atoms with Gasteiger partial charge in [-0.2, -0.15) is 0 Å². The number of carbonyl (C=O) groups is 1. The third-order valence-corrected chi connectivity index (χ3v) is 3.65. The SMILES string of the molecule is C=N/C(=C\C=C(/C)OCC(=O)C(C)C)O[C@H]1C[C@H](NC(C)C)C1. The molecule has 0 amide bonds. The van der Waals surface area contributed by atoms with Gasteiger partial charge in [0.05, 0.1) is 5.76 Å². The van der Waals surface area contributed by atoms with Crippen molar-refractivity contribution < 1.29 is 14.3 Å². The van der Waals surface area contributed by atoms with Crippen molar-refractivity contribution in [3.63, 3.8) is 0 Å². The summed E-state index contributed by atoms with van der Waals surface area (Å²) in [7, 11) is 0. The van der Waals surface area contributed by atoms with Gasteiger partial charge in [-0.15, -0.1) is 0 Å². The first kappa shape index (κ1) is 19.4. The molecule has 130 valence electrons. The van der Waals surface area contributed by atoms with Crippen LogP contribution in [0.1, 0.15) is 47.5 Å². The smallest absolute Gasteiger partial charge is 0.212 e. The summed E-state index contributed by atoms with van der Waals surface area (Å²) >= 11 is 0. The van der Waals surface area contributed by atoms with Crippen LogP contribution in [0.3, 0.4) is 0 Å². The van der Waals surface area contributed by atoms with E-state index in [4.69, 9.17) is 9.47 Å². The van der Waals surface area contributed by atoms with Crippen LogP contribution in [0.4, 0.5) is 0 Å². The minimum absolute atomic E-state index is 0.0157. The molecule has 0 saturated heterocycles. The van der Waals surface area contributed by atoms with Crippen LogP contribution in [0.5, 0.6) is 0 Å². The molecule has 1 rings (SSSR count). The zero-order chi connectivity index (χ0) is 17.4. The van der Waals surface area contributed by atoms with Gasteiger partial charge in [-0.05, 0) is 32.6 Å². The van der Waals surface area contributed by atoms with Crippen LogP contribution in [0.25, 0.3) is 0 Å². The van der Waals surface area contributed by atoms with Crippen molar-refractivity contribution in [2.24, 2.45) is 10.9 Å². The van der Waals surface area contributed by atoms with Crippen molar-refractivity contribution in [3.05, 3.63) is 23.8 Å². The molecule has 0 aromatic carbocycles. The summed E-state index contributed by atoms with van der Waals surface area (Å²) in [4.78, 5) is 15.4. The highest BCUT2D eigenvalue weighted by Gasteiger charge is 2.31. The monoisotopic (exact) mass is 322 g/mol. The maximum atomic E-state index is 11.5. The Bertz CT molecular complexity index is 461. The number of aliphatic imine (C=N–C) groups is 1. The van der Waals surface area contributed by atoms with E-state index in [-0.39, 0.29) is 24.4 Å². The Morgan fingerprint density at radius 1 is 1.30 bits per heavy atom. The van der Waals surface area contributed by atoms with Crippen molar-refractivity contribution in [1.82, 2.24) is 5.32 Å². The molecular weight excluding hydrogens is 292 g/mol. The van der Waals surface area contributed by atoms with Gasteiger partial charge in [-0.1, -0.05) is 27.7 Å². The van der Waals surface area contributed by atoms with Gasteiger partial charge in [-0.3, -0.25) is 4.79 Å². The lowest BCUT2D eigenvalue weighted by Gasteiger charge is -2.37. The van der Waals surface area contributed by atoms with E-state index >= 15 is 0 Å². The summed E-state index contributed by atoms with van der Waals surface area (Å²) in [6, 6.07) is 1.01. The topological polar surface area (TPSA) is 59.9 Å². The maximum Gasteiger partial charge on any atom is 0.212 e. The third kappa shape index (κ3) is 7.46. The summed E-state index contributed by atoms with van der Waals surface area (Å²) in [5, 5.41) is 3.48. The first-order valence-corrected chi connectivity index (χ1v) is 8.25. The Hall–Kier alpha value is -1.62. The zero-order valence-electron chi connectivity index (χ0n) is 15.0. The molecule has 1 aliphatic rings. The molecular formula is C18H30N2O3. The van der Waals surface area contributed by atoms with Gasteiger partial charge in [-0.25, -0.2) is 4.99 Å². The van der Waals surface area contributed by atoms with Crippen molar-refractivity contribution in [1.29, 1.82) is 0 Å². The average Bonchev–Trinajstić information content (AvgIpc) is 2.45. The van der Waals surface area contributed by atoms with Crippen LogP contribution in [0.2, 0.25) is 0 Å². The molecule has 0 aromatic heterocycles. The van der Waals surface area contributed by atoms with Gasteiger partial charge < -0.3 is 14.8 Å². The lowest BCUT2D eigenvalue weighted by atomic mass is 9.89. The molecule has 0 atom stereocenters. The van der Waals surface area contributed by atoms with E-state index in [2.05, 4.69) is 30.9 Å². The summed E-state index contributed by atoms with van der Waals surface area (Å²) in [6.45, 7) is 13.4. The van der Waals surface area contributed by atoms with Crippen LogP contribution in [0.15, 0.2) is 28.8 Å². The number of carbonyl (C=O) groups excluding carboxylic acids is 1. The van der Waals surface area contributed by atoms with Crippen LogP contribution >= 0.6 is 0 Å². The van der Waals surface area contributed by atoms with Crippen molar-refractivity contribution in [2.75, 3.05) is 6.61 Å². The lowest BCUT2D eigenvalue weighted by molar-refractivity contribution is -0.125. The lowest BCUT2D eigenvalue weighted by Crippen LogP contribution is -2.47. The molecule has 1 fully saturated rings. The number of allylic oxidation sites excluding steroid dienone is 3. The van der Waals surface area contributed by atoms with Crippen LogP contribution in [0, 0.1) is 5.92 Å². The Labute approximate surface area is 139 Å². The molecule has 0 unspecified atom stereocenters. The van der Waals surface area contributed by atoms with E-state index in [0.717, 1.165) is 12.8 Å². The highest BCUT2D eigenvalue weighted by atomic mass is 16.5. The first-order valence-electron chi connectivity index (χ1n) is 8.25. The number of hydrogen-bond acceptors (Lipinski definition) is 5. The Kier molecular flexibility index (Phi) is 8.03. The number of ketones is 1. The number of ether oxygens (including phenoxy) is 2. The van der Waals surface area contributed by atoms with Gasteiger partial charge in [0.15, 0.2) is 5.78 Å². The second kappa shape index (κ2) is 9.50. The minimum atomic E-state index is -0.0157. The quantitative estimate of drug-likeness (QED) is 0.381. The highest BCUT2D eigenvalue weighted by molar-refractivity contribution is 5.81. The predicted molar refractivity (Wildman–Crippen MR) is 93.4 cm³/mol. The molecule has 0 heterocycles. The summed E-state index contributed by atoms with van der Waals surface area (Å²) < 4.78 is 11.2. The minimum Gasteiger partial charge on any atom is -0.490 e. The molecule has 0 aliphatic heterocycles. The number of nitrogens with zero attached hydrogens (tertiary/aromatic N) is 1. The van der Waals surface area contributed by atoms with Gasteiger partial charge in [0.2, 0.25) is 5.88 Å². The molecule has 1 saturated carbocycles. The molecule has 0 bridgehead atoms. The molecule has 1 N–H and O–H groups in total. The van der Waals surface area contributed by atoms with Gasteiger partial charge >= 0.3 is 0 Å². The predicted octanol–water partition coefficient (Wildman–Crippen LogP) is 3.22. The Balaban J connectivity index is 2.39. The van der Waals surface area contributed by atoms with Gasteiger partial charge in [0.25, 0.3) is 0 Å². The normalized spacial score (nSPS) is 22.0. The van der Waals surface area contributed by atoms with Crippen LogP contribution in [-0.2, 0) is 14.3 Å². The highest BCUT2D eigenvalue weighted by Crippen LogP contribution is 2.26. The average molecular weight is 322 g/mol. The standard InChI is InChI=1S/C18H30N2O3/c1-12(2)17(21)11-22-14(5)7-8-18(19-6)23-16-9-15(10-16)20-13(3)4/h7-8,12-13,15-16,20H,6,9-11H2,1-5H3/b14-7+,18-8+/t15-,16-. The maximum absolute atomic E-state index is 11.5. The first-order chi connectivity index (χ1) is 10.8. The summed E-state index contributed by atoms with van der Waals surface area (Å²) in [5.41, 5.74) is 0. The molecule has 23 heavy (non-hydrogen) atoms. The number of rotatable bonds is 10. The molecule has 0 radical (unpaired) electrons. The fourth-order valence-electron chi connectivity index (χ4n) is 2.16. The van der Waals surface area contributed by atoms with E-state index in [9.17, 15) is 4.79 Å². The van der Waals surface area contributed by atoms with E-state index in [1.165, 1.54) is 0 Å². The zero-order valence-corrected chi connectivity index (χ0v) is 15.0. The second-order valence-corrected chi connectivity index (χ2v) is 6.58. The molecule has 0 spiro atoms.